The summed E-state index contributed by atoms with van der Waals surface area (Å²) < 4.78 is 5.51. The molecule has 1 amide bonds. The first kappa shape index (κ1) is 18.6. The number of nitrogens with zero attached hydrogens (tertiary/aromatic N) is 3. The summed E-state index contributed by atoms with van der Waals surface area (Å²) >= 11 is 0. The van der Waals surface area contributed by atoms with E-state index in [2.05, 4.69) is 30.7 Å². The highest BCUT2D eigenvalue weighted by atomic mass is 16.5. The number of carbonyl (C=O) groups is 1. The average Bonchev–Trinajstić information content (AvgIpc) is 3.09. The Bertz CT molecular complexity index is 1210. The van der Waals surface area contributed by atoms with Crippen LogP contribution in [-0.4, -0.2) is 49.3 Å². The molecule has 5 saturated carbocycles. The summed E-state index contributed by atoms with van der Waals surface area (Å²) in [7, 11) is 0. The number of hydrogen-bond acceptors (Lipinski definition) is 7. The molecule has 4 bridgehead atoms. The Morgan fingerprint density at radius 1 is 1.28 bits per heavy atom. The van der Waals surface area contributed by atoms with E-state index in [0.29, 0.717) is 41.8 Å². The standard InChI is InChI=1S/C23H26N6O3/c30-21(26-9-11-1-2-11)20-28-22(32-29-20)16-10-25-19-14(3-4-24-19)18(16)27-17-13-5-12-6-23(31,7-13)8-15(12)17/h3-4,10-13,15,17,31H,1-2,5-9H2,(H,26,30)(H2,24,25,27)/t12?,13-,15-,17+,23-/m0/s1. The maximum Gasteiger partial charge on any atom is 0.292 e. The fourth-order valence-corrected chi connectivity index (χ4v) is 6.54. The highest BCUT2D eigenvalue weighted by molar-refractivity contribution is 5.97. The number of amides is 1. The second-order valence-corrected chi connectivity index (χ2v) is 10.3. The first-order valence-electron chi connectivity index (χ1n) is 11.6. The van der Waals surface area contributed by atoms with Gasteiger partial charge in [-0.2, -0.15) is 4.98 Å². The SMILES string of the molecule is O=C(NCC1CC1)c1noc(-c2cnc3[nH]ccc3c2N[C@@H]2[C@H]3CC4C[C@](O)(C3)C[C@@H]42)n1. The van der Waals surface area contributed by atoms with Gasteiger partial charge in [-0.25, -0.2) is 4.98 Å². The lowest BCUT2D eigenvalue weighted by molar-refractivity contribution is -0.0139. The van der Waals surface area contributed by atoms with Gasteiger partial charge in [0.15, 0.2) is 0 Å². The Labute approximate surface area is 184 Å². The molecule has 0 aromatic carbocycles. The zero-order valence-corrected chi connectivity index (χ0v) is 17.7. The van der Waals surface area contributed by atoms with Crippen molar-refractivity contribution in [2.45, 2.75) is 50.2 Å². The van der Waals surface area contributed by atoms with E-state index >= 15 is 0 Å². The maximum atomic E-state index is 12.4. The third-order valence-corrected chi connectivity index (χ3v) is 8.09. The molecule has 0 saturated heterocycles. The summed E-state index contributed by atoms with van der Waals surface area (Å²) in [5, 5.41) is 22.4. The molecule has 4 N–H and O–H groups in total. The number of aromatic nitrogens is 4. The van der Waals surface area contributed by atoms with Crippen molar-refractivity contribution in [3.8, 4) is 11.5 Å². The lowest BCUT2D eigenvalue weighted by Gasteiger charge is -2.39. The van der Waals surface area contributed by atoms with Crippen molar-refractivity contribution in [3.05, 3.63) is 24.3 Å². The van der Waals surface area contributed by atoms with Gasteiger partial charge in [0.2, 0.25) is 0 Å². The van der Waals surface area contributed by atoms with E-state index < -0.39 is 5.60 Å². The Morgan fingerprint density at radius 2 is 2.16 bits per heavy atom. The van der Waals surface area contributed by atoms with E-state index in [1.54, 1.807) is 6.20 Å². The molecule has 0 radical (unpaired) electrons. The zero-order valence-electron chi connectivity index (χ0n) is 17.7. The van der Waals surface area contributed by atoms with E-state index in [9.17, 15) is 9.90 Å². The number of nitrogens with one attached hydrogen (secondary N) is 3. The summed E-state index contributed by atoms with van der Waals surface area (Å²) in [6.07, 6.45) is 9.75. The fourth-order valence-electron chi connectivity index (χ4n) is 6.54. The van der Waals surface area contributed by atoms with Crippen LogP contribution in [0.1, 0.15) is 49.1 Å². The van der Waals surface area contributed by atoms with E-state index in [1.807, 2.05) is 12.3 Å². The molecule has 3 heterocycles. The van der Waals surface area contributed by atoms with Crippen molar-refractivity contribution in [1.82, 2.24) is 25.4 Å². The topological polar surface area (TPSA) is 129 Å². The molecule has 9 nitrogen and oxygen atoms in total. The summed E-state index contributed by atoms with van der Waals surface area (Å²) in [5.41, 5.74) is 1.92. The van der Waals surface area contributed by atoms with Crippen molar-refractivity contribution in [1.29, 1.82) is 0 Å². The minimum atomic E-state index is -0.462. The maximum absolute atomic E-state index is 12.4. The first-order chi connectivity index (χ1) is 15.6. The van der Waals surface area contributed by atoms with Gasteiger partial charge < -0.3 is 25.2 Å². The van der Waals surface area contributed by atoms with Crippen molar-refractivity contribution in [2.75, 3.05) is 11.9 Å². The molecule has 3 aromatic rings. The van der Waals surface area contributed by atoms with Crippen LogP contribution in [-0.2, 0) is 0 Å². The molecule has 8 rings (SSSR count). The second-order valence-electron chi connectivity index (χ2n) is 10.3. The number of fused-ring (bicyclic) bond motifs is 1. The van der Waals surface area contributed by atoms with Gasteiger partial charge in [-0.15, -0.1) is 0 Å². The molecule has 9 heteroatoms. The van der Waals surface area contributed by atoms with Gasteiger partial charge >= 0.3 is 0 Å². The molecule has 5 aliphatic rings. The van der Waals surface area contributed by atoms with Crippen molar-refractivity contribution >= 4 is 22.6 Å². The second kappa shape index (κ2) is 6.54. The molecule has 166 valence electrons. The zero-order chi connectivity index (χ0) is 21.4. The summed E-state index contributed by atoms with van der Waals surface area (Å²) in [5.74, 6) is 2.12. The molecule has 5 fully saturated rings. The van der Waals surface area contributed by atoms with E-state index in [1.165, 1.54) is 6.42 Å². The number of hydrogen-bond donors (Lipinski definition) is 4. The molecule has 32 heavy (non-hydrogen) atoms. The monoisotopic (exact) mass is 434 g/mol. The van der Waals surface area contributed by atoms with Crippen LogP contribution in [0.5, 0.6) is 0 Å². The minimum Gasteiger partial charge on any atom is -0.390 e. The Hall–Kier alpha value is -2.94. The number of carbonyl (C=O) groups excluding carboxylic acids is 1. The minimum absolute atomic E-state index is 0.0431. The number of aromatic amines is 1. The van der Waals surface area contributed by atoms with E-state index in [-0.39, 0.29) is 17.6 Å². The van der Waals surface area contributed by atoms with Gasteiger partial charge in [-0.1, -0.05) is 5.16 Å². The van der Waals surface area contributed by atoms with E-state index in [4.69, 9.17) is 4.52 Å². The number of H-pyrrole nitrogens is 1. The first-order valence-corrected chi connectivity index (χ1v) is 11.6. The largest absolute Gasteiger partial charge is 0.390 e. The summed E-state index contributed by atoms with van der Waals surface area (Å²) in [4.78, 5) is 24.5. The van der Waals surface area contributed by atoms with Crippen LogP contribution in [0.15, 0.2) is 23.0 Å². The highest BCUT2D eigenvalue weighted by Crippen LogP contribution is 2.60. The Balaban J connectivity index is 1.22. The summed E-state index contributed by atoms with van der Waals surface area (Å²) in [6.45, 7) is 0.657. The van der Waals surface area contributed by atoms with Crippen LogP contribution in [0.25, 0.3) is 22.5 Å². The summed E-state index contributed by atoms with van der Waals surface area (Å²) in [6, 6.07) is 2.29. The lowest BCUT2D eigenvalue weighted by atomic mass is 9.76. The smallest absolute Gasteiger partial charge is 0.292 e. The van der Waals surface area contributed by atoms with Crippen molar-refractivity contribution in [2.24, 2.45) is 23.7 Å². The van der Waals surface area contributed by atoms with Crippen molar-refractivity contribution < 1.29 is 14.4 Å². The Morgan fingerprint density at radius 3 is 3.00 bits per heavy atom. The average molecular weight is 435 g/mol. The van der Waals surface area contributed by atoms with Gasteiger partial charge in [0.25, 0.3) is 17.6 Å². The highest BCUT2D eigenvalue weighted by Gasteiger charge is 2.60. The van der Waals surface area contributed by atoms with Crippen LogP contribution in [0.2, 0.25) is 0 Å². The molecule has 0 spiro atoms. The fraction of sp³-hybridized carbons (Fsp3) is 0.565. The van der Waals surface area contributed by atoms with Gasteiger partial charge in [-0.05, 0) is 68.3 Å². The molecule has 3 aromatic heterocycles. The number of rotatable bonds is 6. The number of pyridine rings is 1. The van der Waals surface area contributed by atoms with Crippen LogP contribution >= 0.6 is 0 Å². The Kier molecular flexibility index (Phi) is 3.80. The molecular weight excluding hydrogens is 408 g/mol. The molecular formula is C23H26N6O3. The molecule has 5 atom stereocenters. The van der Waals surface area contributed by atoms with Gasteiger partial charge in [0, 0.05) is 30.4 Å². The normalized spacial score (nSPS) is 32.7. The number of anilines is 1. The van der Waals surface area contributed by atoms with Crippen LogP contribution < -0.4 is 10.6 Å². The predicted molar refractivity (Wildman–Crippen MR) is 116 cm³/mol. The van der Waals surface area contributed by atoms with Gasteiger partial charge in [0.05, 0.1) is 16.9 Å². The van der Waals surface area contributed by atoms with Crippen LogP contribution in [0, 0.1) is 23.7 Å². The third-order valence-electron chi connectivity index (χ3n) is 8.09. The predicted octanol–water partition coefficient (Wildman–Crippen LogP) is 2.71. The number of aliphatic hydroxyl groups is 1. The molecule has 1 unspecified atom stereocenters. The van der Waals surface area contributed by atoms with Crippen LogP contribution in [0.3, 0.4) is 0 Å². The third kappa shape index (κ3) is 2.87. The van der Waals surface area contributed by atoms with E-state index in [0.717, 1.165) is 48.8 Å². The van der Waals surface area contributed by atoms with Gasteiger partial charge in [0.1, 0.15) is 5.65 Å². The molecule has 5 aliphatic carbocycles. The van der Waals surface area contributed by atoms with Gasteiger partial charge in [-0.3, -0.25) is 4.79 Å². The van der Waals surface area contributed by atoms with Crippen LogP contribution in [0.4, 0.5) is 5.69 Å². The lowest BCUT2D eigenvalue weighted by Crippen LogP contribution is -2.42. The molecule has 0 aliphatic heterocycles. The quantitative estimate of drug-likeness (QED) is 0.469. The van der Waals surface area contributed by atoms with Crippen molar-refractivity contribution in [3.63, 3.8) is 0 Å².